The maximum Gasteiger partial charge on any atom is 0.122 e. The average molecular weight is 348 g/mol. The van der Waals surface area contributed by atoms with E-state index >= 15 is 0 Å². The number of anilines is 1. The highest BCUT2D eigenvalue weighted by Crippen LogP contribution is 2.26. The molecule has 0 N–H and O–H groups in total. The summed E-state index contributed by atoms with van der Waals surface area (Å²) in [7, 11) is 3.88. The summed E-state index contributed by atoms with van der Waals surface area (Å²) >= 11 is 3.57. The molecule has 2 nitrogen and oxygen atoms in total. The summed E-state index contributed by atoms with van der Waals surface area (Å²) in [5, 5.41) is 0.870. The van der Waals surface area contributed by atoms with Gasteiger partial charge in [0.25, 0.3) is 0 Å². The van der Waals surface area contributed by atoms with Crippen LogP contribution in [-0.2, 0) is 11.8 Å². The monoisotopic (exact) mass is 347 g/mol. The third-order valence-electron chi connectivity index (χ3n) is 3.88. The summed E-state index contributed by atoms with van der Waals surface area (Å²) in [4.78, 5) is 2.34. The lowest BCUT2D eigenvalue weighted by molar-refractivity contribution is 0.408. The Labute approximate surface area is 135 Å². The fraction of sp³-hybridized carbons (Fsp3) is 0.333. The van der Waals surface area contributed by atoms with Crippen molar-refractivity contribution in [1.29, 1.82) is 0 Å². The Kier molecular flexibility index (Phi) is 5.68. The molecule has 0 aliphatic heterocycles. The number of hydrogen-bond donors (Lipinski definition) is 0. The number of ether oxygens (including phenoxy) is 1. The number of alkyl halides is 1. The number of halogens is 1. The van der Waals surface area contributed by atoms with Crippen LogP contribution in [0.15, 0.2) is 48.5 Å². The predicted octanol–water partition coefficient (Wildman–Crippen LogP) is 4.66. The minimum absolute atomic E-state index is 0.390. The standard InChI is InChI=1S/C18H22BrNO/c1-14(12-15-8-5-7-11-18(15)21-3)20(2)17-10-6-4-9-16(17)13-19/h4-11,14H,12-13H2,1-3H3. The number of likely N-dealkylation sites (N-methyl/N-ethyl adjacent to an activating group) is 1. The molecule has 21 heavy (non-hydrogen) atoms. The topological polar surface area (TPSA) is 12.5 Å². The van der Waals surface area contributed by atoms with Gasteiger partial charge in [0.15, 0.2) is 0 Å². The number of hydrogen-bond acceptors (Lipinski definition) is 2. The summed E-state index contributed by atoms with van der Waals surface area (Å²) in [6.07, 6.45) is 0.955. The quantitative estimate of drug-likeness (QED) is 0.704. The van der Waals surface area contributed by atoms with Gasteiger partial charge in [0.05, 0.1) is 7.11 Å². The van der Waals surface area contributed by atoms with Gasteiger partial charge in [-0.3, -0.25) is 0 Å². The van der Waals surface area contributed by atoms with Crippen molar-refractivity contribution in [2.75, 3.05) is 19.1 Å². The highest BCUT2D eigenvalue weighted by atomic mass is 79.9. The summed E-state index contributed by atoms with van der Waals surface area (Å²) in [5.41, 5.74) is 3.83. The van der Waals surface area contributed by atoms with Crippen molar-refractivity contribution in [3.63, 3.8) is 0 Å². The zero-order valence-electron chi connectivity index (χ0n) is 12.8. The third kappa shape index (κ3) is 3.79. The zero-order valence-corrected chi connectivity index (χ0v) is 14.4. The Morgan fingerprint density at radius 2 is 1.67 bits per heavy atom. The highest BCUT2D eigenvalue weighted by molar-refractivity contribution is 9.08. The fourth-order valence-electron chi connectivity index (χ4n) is 2.53. The molecule has 3 heteroatoms. The van der Waals surface area contributed by atoms with Crippen LogP contribution in [0, 0.1) is 0 Å². The number of nitrogens with zero attached hydrogens (tertiary/aromatic N) is 1. The molecule has 0 radical (unpaired) electrons. The lowest BCUT2D eigenvalue weighted by Crippen LogP contribution is -2.31. The van der Waals surface area contributed by atoms with Gasteiger partial charge in [-0.25, -0.2) is 0 Å². The average Bonchev–Trinajstić information content (AvgIpc) is 2.54. The molecule has 1 unspecified atom stereocenters. The van der Waals surface area contributed by atoms with Crippen molar-refractivity contribution in [3.05, 3.63) is 59.7 Å². The molecule has 112 valence electrons. The second kappa shape index (κ2) is 7.51. The molecule has 0 aromatic heterocycles. The third-order valence-corrected chi connectivity index (χ3v) is 4.49. The Hall–Kier alpha value is -1.48. The number of rotatable bonds is 6. The normalized spacial score (nSPS) is 12.0. The number of methoxy groups -OCH3 is 1. The summed E-state index contributed by atoms with van der Waals surface area (Å²) in [5.74, 6) is 0.964. The van der Waals surface area contributed by atoms with Gasteiger partial charge in [-0.15, -0.1) is 0 Å². The van der Waals surface area contributed by atoms with Gasteiger partial charge in [-0.1, -0.05) is 52.3 Å². The second-order valence-corrected chi connectivity index (χ2v) is 5.80. The Morgan fingerprint density at radius 3 is 2.33 bits per heavy atom. The molecule has 0 heterocycles. The van der Waals surface area contributed by atoms with Crippen LogP contribution in [0.25, 0.3) is 0 Å². The van der Waals surface area contributed by atoms with Crippen LogP contribution in [-0.4, -0.2) is 20.2 Å². The first-order valence-corrected chi connectivity index (χ1v) is 8.28. The summed E-state index contributed by atoms with van der Waals surface area (Å²) < 4.78 is 5.45. The van der Waals surface area contributed by atoms with E-state index in [-0.39, 0.29) is 0 Å². The zero-order chi connectivity index (χ0) is 15.2. The Bertz CT molecular complexity index is 585. The number of benzene rings is 2. The molecule has 0 fully saturated rings. The Morgan fingerprint density at radius 1 is 1.05 bits per heavy atom. The molecule has 0 saturated carbocycles. The second-order valence-electron chi connectivity index (χ2n) is 5.24. The molecule has 2 aromatic rings. The van der Waals surface area contributed by atoms with E-state index in [1.807, 2.05) is 12.1 Å². The largest absolute Gasteiger partial charge is 0.496 e. The molecule has 0 aliphatic carbocycles. The van der Waals surface area contributed by atoms with Gasteiger partial charge in [0, 0.05) is 24.1 Å². The van der Waals surface area contributed by atoms with Crippen molar-refractivity contribution >= 4 is 21.6 Å². The minimum Gasteiger partial charge on any atom is -0.496 e. The van der Waals surface area contributed by atoms with Crippen LogP contribution in [0.4, 0.5) is 5.69 Å². The van der Waals surface area contributed by atoms with Crippen LogP contribution in [0.3, 0.4) is 0 Å². The smallest absolute Gasteiger partial charge is 0.122 e. The first-order chi connectivity index (χ1) is 10.2. The van der Waals surface area contributed by atoms with Crippen molar-refractivity contribution in [1.82, 2.24) is 0 Å². The molecule has 0 bridgehead atoms. The Balaban J connectivity index is 2.17. The molecule has 2 rings (SSSR count). The van der Waals surface area contributed by atoms with Crippen molar-refractivity contribution < 1.29 is 4.74 Å². The summed E-state index contributed by atoms with van der Waals surface area (Å²) in [6.45, 7) is 2.25. The molecule has 0 aliphatic rings. The van der Waals surface area contributed by atoms with Gasteiger partial charge < -0.3 is 9.64 Å². The molecule has 2 aromatic carbocycles. The first-order valence-electron chi connectivity index (χ1n) is 7.16. The van der Waals surface area contributed by atoms with Crippen LogP contribution >= 0.6 is 15.9 Å². The van der Waals surface area contributed by atoms with E-state index in [0.29, 0.717) is 6.04 Å². The van der Waals surface area contributed by atoms with E-state index < -0.39 is 0 Å². The molecule has 0 spiro atoms. The molecule has 0 saturated heterocycles. The van der Waals surface area contributed by atoms with Gasteiger partial charge in [-0.05, 0) is 36.6 Å². The molecular weight excluding hydrogens is 326 g/mol. The van der Waals surface area contributed by atoms with E-state index in [0.717, 1.165) is 17.5 Å². The lowest BCUT2D eigenvalue weighted by atomic mass is 10.0. The van der Waals surface area contributed by atoms with Crippen LogP contribution in [0.5, 0.6) is 5.75 Å². The lowest BCUT2D eigenvalue weighted by Gasteiger charge is -2.29. The SMILES string of the molecule is COc1ccccc1CC(C)N(C)c1ccccc1CBr. The van der Waals surface area contributed by atoms with Gasteiger partial charge >= 0.3 is 0 Å². The summed E-state index contributed by atoms with van der Waals surface area (Å²) in [6, 6.07) is 17.1. The van der Waals surface area contributed by atoms with E-state index in [2.05, 4.69) is 71.2 Å². The minimum atomic E-state index is 0.390. The molecule has 0 amide bonds. The predicted molar refractivity (Wildman–Crippen MR) is 93.6 cm³/mol. The fourth-order valence-corrected chi connectivity index (χ4v) is 3.01. The van der Waals surface area contributed by atoms with Crippen LogP contribution in [0.1, 0.15) is 18.1 Å². The van der Waals surface area contributed by atoms with E-state index in [1.54, 1.807) is 7.11 Å². The first kappa shape index (κ1) is 15.9. The van der Waals surface area contributed by atoms with E-state index in [4.69, 9.17) is 4.74 Å². The van der Waals surface area contributed by atoms with Crippen LogP contribution in [0.2, 0.25) is 0 Å². The van der Waals surface area contributed by atoms with Crippen LogP contribution < -0.4 is 9.64 Å². The molecule has 1 atom stereocenters. The van der Waals surface area contributed by atoms with E-state index in [1.165, 1.54) is 16.8 Å². The van der Waals surface area contributed by atoms with Gasteiger partial charge in [-0.2, -0.15) is 0 Å². The molecular formula is C18H22BrNO. The van der Waals surface area contributed by atoms with Crippen molar-refractivity contribution in [2.24, 2.45) is 0 Å². The number of para-hydroxylation sites is 2. The van der Waals surface area contributed by atoms with E-state index in [9.17, 15) is 0 Å². The van der Waals surface area contributed by atoms with Crippen molar-refractivity contribution in [3.8, 4) is 5.75 Å². The van der Waals surface area contributed by atoms with Gasteiger partial charge in [0.1, 0.15) is 5.75 Å². The van der Waals surface area contributed by atoms with Gasteiger partial charge in [0.2, 0.25) is 0 Å². The highest BCUT2D eigenvalue weighted by Gasteiger charge is 2.15. The maximum atomic E-state index is 5.45. The maximum absolute atomic E-state index is 5.45. The van der Waals surface area contributed by atoms with Crippen molar-refractivity contribution in [2.45, 2.75) is 24.7 Å².